The van der Waals surface area contributed by atoms with Gasteiger partial charge in [0.1, 0.15) is 12.0 Å². The number of hydrogen-bond acceptors (Lipinski definition) is 6. The third-order valence-electron chi connectivity index (χ3n) is 2.22. The molecular weight excluding hydrogens is 212 g/mol. The molecule has 0 amide bonds. The van der Waals surface area contributed by atoms with Crippen LogP contribution in [0.5, 0.6) is 5.88 Å². The van der Waals surface area contributed by atoms with Crippen molar-refractivity contribution >= 4 is 5.69 Å². The molecule has 1 aromatic rings. The van der Waals surface area contributed by atoms with Gasteiger partial charge >= 0.3 is 5.69 Å². The second kappa shape index (κ2) is 5.36. The number of rotatable bonds is 5. The lowest BCUT2D eigenvalue weighted by molar-refractivity contribution is -0.387. The third kappa shape index (κ3) is 2.63. The molecule has 1 aromatic heterocycles. The number of methoxy groups -OCH3 is 1. The van der Waals surface area contributed by atoms with E-state index < -0.39 is 4.92 Å². The van der Waals surface area contributed by atoms with Crippen molar-refractivity contribution < 1.29 is 9.66 Å². The molecule has 1 heterocycles. The Kier molecular flexibility index (Phi) is 4.12. The van der Waals surface area contributed by atoms with Crippen molar-refractivity contribution in [2.75, 3.05) is 7.11 Å². The third-order valence-corrected chi connectivity index (χ3v) is 2.22. The molecule has 0 bridgehead atoms. The Morgan fingerprint density at radius 3 is 2.81 bits per heavy atom. The van der Waals surface area contributed by atoms with E-state index in [0.717, 1.165) is 6.42 Å². The number of hydrogen-bond donors (Lipinski definition) is 1. The Morgan fingerprint density at radius 1 is 1.62 bits per heavy atom. The molecular formula is C9H14N4O3. The van der Waals surface area contributed by atoms with Crippen LogP contribution in [0.3, 0.4) is 0 Å². The standard InChI is InChI=1S/C9H14N4O3/c1-3-6(10)4-7-8(13(14)15)9(16-2)12-5-11-7/h5-6H,3-4,10H2,1-2H3. The molecule has 1 atom stereocenters. The van der Waals surface area contributed by atoms with E-state index in [1.807, 2.05) is 6.92 Å². The Labute approximate surface area is 92.8 Å². The van der Waals surface area contributed by atoms with E-state index >= 15 is 0 Å². The molecule has 0 saturated carbocycles. The summed E-state index contributed by atoms with van der Waals surface area (Å²) in [5.41, 5.74) is 5.85. The van der Waals surface area contributed by atoms with Gasteiger partial charge in [-0.25, -0.2) is 4.98 Å². The summed E-state index contributed by atoms with van der Waals surface area (Å²) in [6, 6.07) is -0.154. The Bertz CT molecular complexity index is 383. The molecule has 0 saturated heterocycles. The fourth-order valence-electron chi connectivity index (χ4n) is 1.27. The van der Waals surface area contributed by atoms with Crippen molar-refractivity contribution in [1.82, 2.24) is 9.97 Å². The van der Waals surface area contributed by atoms with Crippen molar-refractivity contribution in [3.8, 4) is 5.88 Å². The van der Waals surface area contributed by atoms with E-state index in [1.54, 1.807) is 0 Å². The largest absolute Gasteiger partial charge is 0.476 e. The molecule has 7 heteroatoms. The van der Waals surface area contributed by atoms with Crippen LogP contribution in [0.15, 0.2) is 6.33 Å². The predicted octanol–water partition coefficient (Wildman–Crippen LogP) is 0.673. The first kappa shape index (κ1) is 12.3. The van der Waals surface area contributed by atoms with E-state index in [9.17, 15) is 10.1 Å². The van der Waals surface area contributed by atoms with Crippen LogP contribution in [0.4, 0.5) is 5.69 Å². The average molecular weight is 226 g/mol. The number of nitrogens with zero attached hydrogens (tertiary/aromatic N) is 3. The van der Waals surface area contributed by atoms with E-state index in [2.05, 4.69) is 9.97 Å². The van der Waals surface area contributed by atoms with Gasteiger partial charge in [-0.15, -0.1) is 0 Å². The molecule has 0 spiro atoms. The fraction of sp³-hybridized carbons (Fsp3) is 0.556. The SMILES string of the molecule is CCC(N)Cc1ncnc(OC)c1[N+](=O)[O-]. The zero-order valence-corrected chi connectivity index (χ0v) is 9.21. The summed E-state index contributed by atoms with van der Waals surface area (Å²) >= 11 is 0. The van der Waals surface area contributed by atoms with Gasteiger partial charge in [0.2, 0.25) is 0 Å². The lowest BCUT2D eigenvalue weighted by atomic mass is 10.1. The van der Waals surface area contributed by atoms with E-state index in [4.69, 9.17) is 10.5 Å². The lowest BCUT2D eigenvalue weighted by Crippen LogP contribution is -2.22. The topological polar surface area (TPSA) is 104 Å². The van der Waals surface area contributed by atoms with Gasteiger partial charge in [-0.3, -0.25) is 10.1 Å². The zero-order valence-electron chi connectivity index (χ0n) is 9.21. The van der Waals surface area contributed by atoms with Crippen LogP contribution in [0.1, 0.15) is 19.0 Å². The molecule has 0 aliphatic carbocycles. The first-order valence-electron chi connectivity index (χ1n) is 4.88. The van der Waals surface area contributed by atoms with Crippen molar-refractivity contribution in [3.05, 3.63) is 22.1 Å². The van der Waals surface area contributed by atoms with Gasteiger partial charge in [0, 0.05) is 12.5 Å². The first-order chi connectivity index (χ1) is 7.60. The Hall–Kier alpha value is -1.76. The predicted molar refractivity (Wildman–Crippen MR) is 57.2 cm³/mol. The lowest BCUT2D eigenvalue weighted by Gasteiger charge is -2.09. The zero-order chi connectivity index (χ0) is 12.1. The number of ether oxygens (including phenoxy) is 1. The van der Waals surface area contributed by atoms with Crippen molar-refractivity contribution in [3.63, 3.8) is 0 Å². The van der Waals surface area contributed by atoms with Crippen LogP contribution in [0, 0.1) is 10.1 Å². The van der Waals surface area contributed by atoms with Crippen LogP contribution in [-0.4, -0.2) is 28.0 Å². The monoisotopic (exact) mass is 226 g/mol. The Balaban J connectivity index is 3.12. The maximum Gasteiger partial charge on any atom is 0.352 e. The maximum atomic E-state index is 10.9. The van der Waals surface area contributed by atoms with Gasteiger partial charge in [0.05, 0.1) is 12.0 Å². The number of nitrogens with two attached hydrogens (primary N) is 1. The van der Waals surface area contributed by atoms with Gasteiger partial charge in [0.15, 0.2) is 0 Å². The summed E-state index contributed by atoms with van der Waals surface area (Å²) in [5, 5.41) is 10.9. The molecule has 1 unspecified atom stereocenters. The molecule has 0 fully saturated rings. The highest BCUT2D eigenvalue weighted by molar-refractivity contribution is 5.44. The van der Waals surface area contributed by atoms with Crippen LogP contribution >= 0.6 is 0 Å². The highest BCUT2D eigenvalue weighted by atomic mass is 16.6. The maximum absolute atomic E-state index is 10.9. The van der Waals surface area contributed by atoms with Crippen LogP contribution in [-0.2, 0) is 6.42 Å². The summed E-state index contributed by atoms with van der Waals surface area (Å²) in [7, 11) is 1.33. The summed E-state index contributed by atoms with van der Waals surface area (Å²) < 4.78 is 4.83. The molecule has 0 radical (unpaired) electrons. The minimum absolute atomic E-state index is 0.0293. The fourth-order valence-corrected chi connectivity index (χ4v) is 1.27. The molecule has 2 N–H and O–H groups in total. The van der Waals surface area contributed by atoms with E-state index in [1.165, 1.54) is 13.4 Å². The van der Waals surface area contributed by atoms with Crippen molar-refractivity contribution in [2.45, 2.75) is 25.8 Å². The second-order valence-electron chi connectivity index (χ2n) is 3.31. The summed E-state index contributed by atoms with van der Waals surface area (Å²) in [4.78, 5) is 17.9. The van der Waals surface area contributed by atoms with Crippen LogP contribution < -0.4 is 10.5 Å². The van der Waals surface area contributed by atoms with E-state index in [0.29, 0.717) is 12.1 Å². The molecule has 1 rings (SSSR count). The molecule has 7 nitrogen and oxygen atoms in total. The van der Waals surface area contributed by atoms with Gasteiger partial charge < -0.3 is 10.5 Å². The highest BCUT2D eigenvalue weighted by Gasteiger charge is 2.24. The second-order valence-corrected chi connectivity index (χ2v) is 3.31. The average Bonchev–Trinajstić information content (AvgIpc) is 2.28. The van der Waals surface area contributed by atoms with Crippen LogP contribution in [0.25, 0.3) is 0 Å². The van der Waals surface area contributed by atoms with Gasteiger partial charge in [-0.2, -0.15) is 4.98 Å². The van der Waals surface area contributed by atoms with Gasteiger partial charge in [0.25, 0.3) is 5.88 Å². The number of nitro groups is 1. The minimum atomic E-state index is -0.545. The summed E-state index contributed by atoms with van der Waals surface area (Å²) in [6.07, 6.45) is 2.30. The van der Waals surface area contributed by atoms with E-state index in [-0.39, 0.29) is 17.6 Å². The molecule has 0 aliphatic rings. The molecule has 16 heavy (non-hydrogen) atoms. The normalized spacial score (nSPS) is 12.2. The highest BCUT2D eigenvalue weighted by Crippen LogP contribution is 2.27. The molecule has 88 valence electrons. The smallest absolute Gasteiger partial charge is 0.352 e. The van der Waals surface area contributed by atoms with Crippen molar-refractivity contribution in [1.29, 1.82) is 0 Å². The Morgan fingerprint density at radius 2 is 2.31 bits per heavy atom. The molecule has 0 aliphatic heterocycles. The van der Waals surface area contributed by atoms with Crippen molar-refractivity contribution in [2.24, 2.45) is 5.73 Å². The van der Waals surface area contributed by atoms with Gasteiger partial charge in [-0.1, -0.05) is 6.92 Å². The van der Waals surface area contributed by atoms with Crippen LogP contribution in [0.2, 0.25) is 0 Å². The summed E-state index contributed by atoms with van der Waals surface area (Å²) in [5.74, 6) is -0.0293. The summed E-state index contributed by atoms with van der Waals surface area (Å²) in [6.45, 7) is 1.91. The molecule has 0 aromatic carbocycles. The minimum Gasteiger partial charge on any atom is -0.476 e. The first-order valence-corrected chi connectivity index (χ1v) is 4.88. The quantitative estimate of drug-likeness (QED) is 0.584. The number of aromatic nitrogens is 2. The van der Waals surface area contributed by atoms with Gasteiger partial charge in [-0.05, 0) is 6.42 Å².